The summed E-state index contributed by atoms with van der Waals surface area (Å²) in [6.45, 7) is 0. The van der Waals surface area contributed by atoms with E-state index in [2.05, 4.69) is 10.2 Å². The molecule has 3 rings (SSSR count). The van der Waals surface area contributed by atoms with Gasteiger partial charge in [0.05, 0.1) is 5.69 Å². The van der Waals surface area contributed by atoms with Crippen LogP contribution in [0.15, 0.2) is 42.5 Å². The molecule has 0 radical (unpaired) electrons. The zero-order valence-corrected chi connectivity index (χ0v) is 8.94. The van der Waals surface area contributed by atoms with Crippen molar-refractivity contribution in [2.75, 3.05) is 5.73 Å². The van der Waals surface area contributed by atoms with Crippen molar-refractivity contribution in [3.05, 3.63) is 48.3 Å². The Balaban J connectivity index is 2.34. The number of hydrogen-bond acceptors (Lipinski definition) is 2. The molecule has 1 heterocycles. The summed E-state index contributed by atoms with van der Waals surface area (Å²) in [7, 11) is 0. The number of rotatable bonds is 1. The molecule has 0 amide bonds. The van der Waals surface area contributed by atoms with Crippen LogP contribution in [0.25, 0.3) is 22.0 Å². The van der Waals surface area contributed by atoms with Crippen molar-refractivity contribution in [1.29, 1.82) is 0 Å². The van der Waals surface area contributed by atoms with Crippen LogP contribution in [0.1, 0.15) is 0 Å². The summed E-state index contributed by atoms with van der Waals surface area (Å²) in [5.74, 6) is 0.199. The van der Waals surface area contributed by atoms with E-state index in [1.165, 1.54) is 6.07 Å². The molecular weight excluding hydrogens is 217 g/mol. The molecule has 0 aliphatic carbocycles. The Morgan fingerprint density at radius 1 is 1.06 bits per heavy atom. The van der Waals surface area contributed by atoms with Gasteiger partial charge in [-0.05, 0) is 17.5 Å². The van der Waals surface area contributed by atoms with Gasteiger partial charge in [-0.2, -0.15) is 5.10 Å². The minimum atomic E-state index is -0.225. The molecule has 84 valence electrons. The number of hydrogen-bond donors (Lipinski definition) is 2. The van der Waals surface area contributed by atoms with Crippen LogP contribution in [0.3, 0.4) is 0 Å². The highest BCUT2D eigenvalue weighted by Gasteiger charge is 2.08. The number of H-pyrrole nitrogens is 1. The van der Waals surface area contributed by atoms with Gasteiger partial charge in [-0.25, -0.2) is 4.39 Å². The number of anilines is 1. The molecule has 0 aliphatic rings. The number of fused-ring (bicyclic) bond motifs is 1. The minimum absolute atomic E-state index is 0.225. The molecule has 0 unspecified atom stereocenters. The molecule has 0 atom stereocenters. The molecular formula is C13H10FN3. The van der Waals surface area contributed by atoms with Crippen molar-refractivity contribution in [2.45, 2.75) is 0 Å². The van der Waals surface area contributed by atoms with Crippen molar-refractivity contribution in [3.8, 4) is 11.3 Å². The standard InChI is InChI=1S/C13H10FN3/c14-11-6-5-10(12-7-13(15)17-16-12)8-3-1-2-4-9(8)11/h1-7H,(H3,15,16,17). The van der Waals surface area contributed by atoms with E-state index < -0.39 is 0 Å². The maximum Gasteiger partial charge on any atom is 0.145 e. The Morgan fingerprint density at radius 3 is 2.53 bits per heavy atom. The zero-order chi connectivity index (χ0) is 11.8. The molecule has 0 saturated carbocycles. The summed E-state index contributed by atoms with van der Waals surface area (Å²) in [5.41, 5.74) is 7.26. The summed E-state index contributed by atoms with van der Waals surface area (Å²) >= 11 is 0. The molecule has 2 aromatic carbocycles. The van der Waals surface area contributed by atoms with Crippen LogP contribution in [-0.4, -0.2) is 10.2 Å². The van der Waals surface area contributed by atoms with Gasteiger partial charge >= 0.3 is 0 Å². The fraction of sp³-hybridized carbons (Fsp3) is 0. The van der Waals surface area contributed by atoms with E-state index in [4.69, 9.17) is 5.73 Å². The number of halogens is 1. The van der Waals surface area contributed by atoms with Crippen LogP contribution in [0.2, 0.25) is 0 Å². The number of aromatic amines is 1. The average Bonchev–Trinajstić information content (AvgIpc) is 2.77. The topological polar surface area (TPSA) is 54.7 Å². The lowest BCUT2D eigenvalue weighted by Gasteiger charge is -2.05. The molecule has 0 fully saturated rings. The van der Waals surface area contributed by atoms with Crippen molar-refractivity contribution in [2.24, 2.45) is 0 Å². The van der Waals surface area contributed by atoms with Gasteiger partial charge in [0, 0.05) is 17.0 Å². The molecule has 0 spiro atoms. The highest BCUT2D eigenvalue weighted by atomic mass is 19.1. The van der Waals surface area contributed by atoms with E-state index in [0.717, 1.165) is 16.6 Å². The lowest BCUT2D eigenvalue weighted by Crippen LogP contribution is -1.85. The normalized spacial score (nSPS) is 10.9. The number of aromatic nitrogens is 2. The first-order chi connectivity index (χ1) is 8.25. The van der Waals surface area contributed by atoms with Gasteiger partial charge in [-0.1, -0.05) is 24.3 Å². The van der Waals surface area contributed by atoms with Gasteiger partial charge in [0.1, 0.15) is 11.6 Å². The Labute approximate surface area is 97.1 Å². The van der Waals surface area contributed by atoms with Crippen molar-refractivity contribution in [3.63, 3.8) is 0 Å². The van der Waals surface area contributed by atoms with Crippen LogP contribution in [-0.2, 0) is 0 Å². The summed E-state index contributed by atoms with van der Waals surface area (Å²) < 4.78 is 13.6. The van der Waals surface area contributed by atoms with E-state index in [9.17, 15) is 4.39 Å². The molecule has 3 nitrogen and oxygen atoms in total. The predicted molar refractivity (Wildman–Crippen MR) is 65.9 cm³/mol. The SMILES string of the molecule is Nc1cc(-c2ccc(F)c3ccccc23)[nH]n1. The van der Waals surface area contributed by atoms with E-state index in [0.29, 0.717) is 11.2 Å². The quantitative estimate of drug-likeness (QED) is 0.671. The lowest BCUT2D eigenvalue weighted by atomic mass is 10.0. The predicted octanol–water partition coefficient (Wildman–Crippen LogP) is 2.95. The highest BCUT2D eigenvalue weighted by molar-refractivity contribution is 5.96. The third kappa shape index (κ3) is 1.54. The van der Waals surface area contributed by atoms with Crippen LogP contribution < -0.4 is 5.73 Å². The number of nitrogens with two attached hydrogens (primary N) is 1. The van der Waals surface area contributed by atoms with Crippen LogP contribution in [0.4, 0.5) is 10.2 Å². The van der Waals surface area contributed by atoms with Crippen molar-refractivity contribution in [1.82, 2.24) is 10.2 Å². The molecule has 3 N–H and O–H groups in total. The smallest absolute Gasteiger partial charge is 0.145 e. The molecule has 1 aromatic heterocycles. The van der Waals surface area contributed by atoms with Crippen LogP contribution in [0.5, 0.6) is 0 Å². The van der Waals surface area contributed by atoms with Crippen molar-refractivity contribution >= 4 is 16.6 Å². The van der Waals surface area contributed by atoms with Gasteiger partial charge < -0.3 is 5.73 Å². The Morgan fingerprint density at radius 2 is 1.82 bits per heavy atom. The fourth-order valence-corrected chi connectivity index (χ4v) is 1.97. The minimum Gasteiger partial charge on any atom is -0.382 e. The van der Waals surface area contributed by atoms with Crippen LogP contribution >= 0.6 is 0 Å². The second kappa shape index (κ2) is 3.59. The first kappa shape index (κ1) is 9.84. The largest absolute Gasteiger partial charge is 0.382 e. The molecule has 4 heteroatoms. The Hall–Kier alpha value is -2.36. The van der Waals surface area contributed by atoms with Gasteiger partial charge in [0.2, 0.25) is 0 Å². The first-order valence-corrected chi connectivity index (χ1v) is 5.24. The number of nitrogen functional groups attached to an aromatic ring is 1. The van der Waals surface area contributed by atoms with Crippen molar-refractivity contribution < 1.29 is 4.39 Å². The zero-order valence-electron chi connectivity index (χ0n) is 8.94. The van der Waals surface area contributed by atoms with Crippen LogP contribution in [0, 0.1) is 5.82 Å². The van der Waals surface area contributed by atoms with E-state index in [1.807, 2.05) is 18.2 Å². The van der Waals surface area contributed by atoms with Gasteiger partial charge in [-0.3, -0.25) is 5.10 Å². The molecule has 0 bridgehead atoms. The molecule has 0 saturated heterocycles. The monoisotopic (exact) mass is 227 g/mol. The third-order valence-electron chi connectivity index (χ3n) is 2.76. The molecule has 3 aromatic rings. The third-order valence-corrected chi connectivity index (χ3v) is 2.76. The number of benzene rings is 2. The summed E-state index contributed by atoms with van der Waals surface area (Å²) in [6.07, 6.45) is 0. The Kier molecular flexibility index (Phi) is 2.08. The lowest BCUT2D eigenvalue weighted by molar-refractivity contribution is 0.640. The van der Waals surface area contributed by atoms with Gasteiger partial charge in [-0.15, -0.1) is 0 Å². The second-order valence-corrected chi connectivity index (χ2v) is 3.85. The number of nitrogens with one attached hydrogen (secondary N) is 1. The summed E-state index contributed by atoms with van der Waals surface area (Å²) in [4.78, 5) is 0. The molecule has 17 heavy (non-hydrogen) atoms. The van der Waals surface area contributed by atoms with Gasteiger partial charge in [0.25, 0.3) is 0 Å². The van der Waals surface area contributed by atoms with Gasteiger partial charge in [0.15, 0.2) is 0 Å². The Bertz CT molecular complexity index is 688. The summed E-state index contributed by atoms with van der Waals surface area (Å²) in [5, 5.41) is 8.16. The van der Waals surface area contributed by atoms with E-state index in [-0.39, 0.29) is 5.82 Å². The number of nitrogens with zero attached hydrogens (tertiary/aromatic N) is 1. The summed E-state index contributed by atoms with van der Waals surface area (Å²) in [6, 6.07) is 12.2. The van der Waals surface area contributed by atoms with E-state index >= 15 is 0 Å². The maximum atomic E-state index is 13.6. The first-order valence-electron chi connectivity index (χ1n) is 5.24. The average molecular weight is 227 g/mol. The second-order valence-electron chi connectivity index (χ2n) is 3.85. The van der Waals surface area contributed by atoms with E-state index in [1.54, 1.807) is 18.2 Å². The maximum absolute atomic E-state index is 13.6. The molecule has 0 aliphatic heterocycles. The highest BCUT2D eigenvalue weighted by Crippen LogP contribution is 2.29. The fourth-order valence-electron chi connectivity index (χ4n) is 1.97.